The van der Waals surface area contributed by atoms with Gasteiger partial charge >= 0.3 is 0 Å². The molecule has 1 aromatic heterocycles. The van der Waals surface area contributed by atoms with E-state index < -0.39 is 0 Å². The molecule has 0 atom stereocenters. The number of para-hydroxylation sites is 1. The van der Waals surface area contributed by atoms with E-state index in [0.717, 1.165) is 0 Å². The third-order valence-corrected chi connectivity index (χ3v) is 4.17. The Bertz CT molecular complexity index is 1050. The molecule has 0 spiro atoms. The van der Waals surface area contributed by atoms with Crippen LogP contribution >= 0.6 is 0 Å². The average Bonchev–Trinajstić information content (AvgIpc) is 2.70. The summed E-state index contributed by atoms with van der Waals surface area (Å²) >= 11 is 0. The average molecular weight is 382 g/mol. The second kappa shape index (κ2) is 9.01. The quantitative estimate of drug-likeness (QED) is 0.353. The zero-order valence-electron chi connectivity index (χ0n) is 15.8. The van der Waals surface area contributed by atoms with Gasteiger partial charge in [-0.05, 0) is 42.3 Å². The van der Waals surface area contributed by atoms with Crippen molar-refractivity contribution in [1.29, 1.82) is 0 Å². The van der Waals surface area contributed by atoms with Crippen LogP contribution in [0.3, 0.4) is 0 Å². The molecule has 2 N–H and O–H groups in total. The molecule has 28 heavy (non-hydrogen) atoms. The SMILES string of the molecule is COCCCn1c(N/N=C\c2ccc(OC)c(O)c2)nc2ccccc2c1=O. The molecule has 146 valence electrons. The van der Waals surface area contributed by atoms with Gasteiger partial charge < -0.3 is 14.6 Å². The molecule has 0 fully saturated rings. The number of benzene rings is 2. The Morgan fingerprint density at radius 3 is 2.82 bits per heavy atom. The van der Waals surface area contributed by atoms with Crippen molar-refractivity contribution in [2.24, 2.45) is 5.10 Å². The minimum Gasteiger partial charge on any atom is -0.504 e. The third-order valence-electron chi connectivity index (χ3n) is 4.17. The Kier molecular flexibility index (Phi) is 6.23. The first-order chi connectivity index (χ1) is 13.6. The van der Waals surface area contributed by atoms with E-state index in [1.54, 1.807) is 35.9 Å². The Hall–Kier alpha value is -3.39. The lowest BCUT2D eigenvalue weighted by Gasteiger charge is -2.12. The minimum atomic E-state index is -0.138. The van der Waals surface area contributed by atoms with Crippen LogP contribution in [0.4, 0.5) is 5.95 Å². The number of hydrazone groups is 1. The largest absolute Gasteiger partial charge is 0.504 e. The lowest BCUT2D eigenvalue weighted by atomic mass is 10.2. The molecule has 0 amide bonds. The molecule has 0 saturated heterocycles. The first kappa shape index (κ1) is 19.4. The highest BCUT2D eigenvalue weighted by Crippen LogP contribution is 2.25. The predicted octanol–water partition coefficient (Wildman–Crippen LogP) is 2.59. The van der Waals surface area contributed by atoms with Gasteiger partial charge in [-0.3, -0.25) is 9.36 Å². The predicted molar refractivity (Wildman–Crippen MR) is 108 cm³/mol. The van der Waals surface area contributed by atoms with Crippen molar-refractivity contribution >= 4 is 23.1 Å². The van der Waals surface area contributed by atoms with Gasteiger partial charge in [-0.15, -0.1) is 0 Å². The van der Waals surface area contributed by atoms with Crippen LogP contribution in [-0.4, -0.2) is 41.7 Å². The number of methoxy groups -OCH3 is 2. The maximum Gasteiger partial charge on any atom is 0.262 e. The highest BCUT2D eigenvalue weighted by molar-refractivity contribution is 5.82. The van der Waals surface area contributed by atoms with Gasteiger partial charge in [0.2, 0.25) is 5.95 Å². The van der Waals surface area contributed by atoms with Crippen LogP contribution in [0.15, 0.2) is 52.4 Å². The Morgan fingerprint density at radius 2 is 2.07 bits per heavy atom. The smallest absolute Gasteiger partial charge is 0.262 e. The summed E-state index contributed by atoms with van der Waals surface area (Å²) in [7, 11) is 3.10. The number of hydrogen-bond acceptors (Lipinski definition) is 7. The number of ether oxygens (including phenoxy) is 2. The van der Waals surface area contributed by atoms with Gasteiger partial charge in [-0.25, -0.2) is 10.4 Å². The van der Waals surface area contributed by atoms with E-state index in [4.69, 9.17) is 9.47 Å². The number of anilines is 1. The summed E-state index contributed by atoms with van der Waals surface area (Å²) in [5, 5.41) is 14.6. The maximum atomic E-state index is 12.8. The topological polar surface area (TPSA) is 98.0 Å². The maximum absolute atomic E-state index is 12.8. The Morgan fingerprint density at radius 1 is 1.25 bits per heavy atom. The molecule has 0 radical (unpaired) electrons. The number of rotatable bonds is 8. The fourth-order valence-corrected chi connectivity index (χ4v) is 2.78. The van der Waals surface area contributed by atoms with Crippen molar-refractivity contribution in [2.75, 3.05) is 26.3 Å². The monoisotopic (exact) mass is 382 g/mol. The van der Waals surface area contributed by atoms with Crippen molar-refractivity contribution in [3.8, 4) is 11.5 Å². The van der Waals surface area contributed by atoms with Crippen LogP contribution < -0.4 is 15.7 Å². The Balaban J connectivity index is 1.89. The summed E-state index contributed by atoms with van der Waals surface area (Å²) in [4.78, 5) is 17.4. The normalized spacial score (nSPS) is 11.2. The molecule has 3 aromatic rings. The van der Waals surface area contributed by atoms with Gasteiger partial charge in [-0.2, -0.15) is 5.10 Å². The molecule has 8 heteroatoms. The van der Waals surface area contributed by atoms with Crippen molar-refractivity contribution in [2.45, 2.75) is 13.0 Å². The Labute approximate surface area is 162 Å². The van der Waals surface area contributed by atoms with Crippen molar-refractivity contribution in [1.82, 2.24) is 9.55 Å². The minimum absolute atomic E-state index is 0.0201. The number of aromatic hydroxyl groups is 1. The molecule has 0 unspecified atom stereocenters. The van der Waals surface area contributed by atoms with Crippen LogP contribution in [0.2, 0.25) is 0 Å². The van der Waals surface area contributed by atoms with E-state index in [-0.39, 0.29) is 11.3 Å². The van der Waals surface area contributed by atoms with E-state index in [9.17, 15) is 9.90 Å². The number of fused-ring (bicyclic) bond motifs is 1. The molecule has 0 bridgehead atoms. The number of aromatic nitrogens is 2. The number of phenolic OH excluding ortho intramolecular Hbond substituents is 1. The molecule has 2 aromatic carbocycles. The van der Waals surface area contributed by atoms with Gasteiger partial charge in [0.25, 0.3) is 5.56 Å². The van der Waals surface area contributed by atoms with Crippen LogP contribution in [0.25, 0.3) is 10.9 Å². The highest BCUT2D eigenvalue weighted by atomic mass is 16.5. The zero-order chi connectivity index (χ0) is 19.9. The van der Waals surface area contributed by atoms with Crippen LogP contribution in [-0.2, 0) is 11.3 Å². The molecule has 8 nitrogen and oxygen atoms in total. The van der Waals surface area contributed by atoms with Gasteiger partial charge in [0.05, 0.1) is 24.2 Å². The van der Waals surface area contributed by atoms with E-state index in [0.29, 0.717) is 47.7 Å². The number of phenols is 1. The molecule has 1 heterocycles. The fraction of sp³-hybridized carbons (Fsp3) is 0.250. The summed E-state index contributed by atoms with van der Waals surface area (Å²) in [6, 6.07) is 12.1. The summed E-state index contributed by atoms with van der Waals surface area (Å²) in [6.07, 6.45) is 2.20. The summed E-state index contributed by atoms with van der Waals surface area (Å²) in [5.41, 5.74) is 3.96. The molecule has 3 rings (SSSR count). The second-order valence-corrected chi connectivity index (χ2v) is 6.06. The van der Waals surface area contributed by atoms with Crippen molar-refractivity contribution < 1.29 is 14.6 Å². The van der Waals surface area contributed by atoms with Gasteiger partial charge in [-0.1, -0.05) is 12.1 Å². The number of nitrogens with one attached hydrogen (secondary N) is 1. The molecular formula is C20H22N4O4. The van der Waals surface area contributed by atoms with E-state index in [2.05, 4.69) is 15.5 Å². The fourth-order valence-electron chi connectivity index (χ4n) is 2.78. The highest BCUT2D eigenvalue weighted by Gasteiger charge is 2.10. The lowest BCUT2D eigenvalue weighted by Crippen LogP contribution is -2.24. The standard InChI is InChI=1S/C20H22N4O4/c1-27-11-5-10-24-19(26)15-6-3-4-7-16(15)22-20(24)23-21-13-14-8-9-18(28-2)17(25)12-14/h3-4,6-9,12-13,25H,5,10-11H2,1-2H3,(H,22,23)/b21-13-. The van der Waals surface area contributed by atoms with Gasteiger partial charge in [0.15, 0.2) is 11.5 Å². The molecule has 0 aliphatic heterocycles. The molecule has 0 aliphatic carbocycles. The molecule has 0 aliphatic rings. The van der Waals surface area contributed by atoms with Gasteiger partial charge in [0, 0.05) is 20.3 Å². The van der Waals surface area contributed by atoms with Crippen LogP contribution in [0.5, 0.6) is 11.5 Å². The van der Waals surface area contributed by atoms with Crippen LogP contribution in [0, 0.1) is 0 Å². The number of nitrogens with zero attached hydrogens (tertiary/aromatic N) is 3. The first-order valence-electron chi connectivity index (χ1n) is 8.78. The summed E-state index contributed by atoms with van der Waals surface area (Å²) in [5.74, 6) is 0.744. The van der Waals surface area contributed by atoms with E-state index in [1.165, 1.54) is 19.4 Å². The lowest BCUT2D eigenvalue weighted by molar-refractivity contribution is 0.190. The van der Waals surface area contributed by atoms with E-state index in [1.807, 2.05) is 12.1 Å². The zero-order valence-corrected chi connectivity index (χ0v) is 15.8. The van der Waals surface area contributed by atoms with Crippen molar-refractivity contribution in [3.63, 3.8) is 0 Å². The summed E-state index contributed by atoms with van der Waals surface area (Å²) in [6.45, 7) is 0.985. The third kappa shape index (κ3) is 4.29. The van der Waals surface area contributed by atoms with Gasteiger partial charge in [0.1, 0.15) is 0 Å². The van der Waals surface area contributed by atoms with Crippen LogP contribution in [0.1, 0.15) is 12.0 Å². The van der Waals surface area contributed by atoms with Crippen molar-refractivity contribution in [3.05, 3.63) is 58.4 Å². The second-order valence-electron chi connectivity index (χ2n) is 6.06. The number of hydrogen-bond donors (Lipinski definition) is 2. The molecular weight excluding hydrogens is 360 g/mol. The van der Waals surface area contributed by atoms with E-state index >= 15 is 0 Å². The summed E-state index contributed by atoms with van der Waals surface area (Å²) < 4.78 is 11.6. The molecule has 0 saturated carbocycles. The first-order valence-corrected chi connectivity index (χ1v) is 8.78.